The monoisotopic (exact) mass is 278 g/mol. The second kappa shape index (κ2) is 7.14. The molecule has 1 aromatic carbocycles. The molecule has 110 valence electrons. The molecule has 0 bridgehead atoms. The Balaban J connectivity index is 1.70. The van der Waals surface area contributed by atoms with Crippen LogP contribution in [0.25, 0.3) is 0 Å². The SMILES string of the molecule is O=C(NCCc1cccc(O)c1)NC1CCCCC1O. The number of phenolic OH excluding ortho intramolecular Hbond substituents is 1. The second-order valence-corrected chi connectivity index (χ2v) is 5.28. The van der Waals surface area contributed by atoms with Crippen molar-refractivity contribution in [2.24, 2.45) is 0 Å². The van der Waals surface area contributed by atoms with Gasteiger partial charge in [-0.25, -0.2) is 4.79 Å². The van der Waals surface area contributed by atoms with Crippen molar-refractivity contribution in [3.05, 3.63) is 29.8 Å². The molecule has 2 atom stereocenters. The largest absolute Gasteiger partial charge is 0.508 e. The number of nitrogens with one attached hydrogen (secondary N) is 2. The van der Waals surface area contributed by atoms with Crippen molar-refractivity contribution in [2.75, 3.05) is 6.54 Å². The van der Waals surface area contributed by atoms with Crippen molar-refractivity contribution in [3.63, 3.8) is 0 Å². The quantitative estimate of drug-likeness (QED) is 0.674. The number of hydrogen-bond acceptors (Lipinski definition) is 3. The number of benzene rings is 1. The minimum atomic E-state index is -0.430. The molecule has 1 saturated carbocycles. The summed E-state index contributed by atoms with van der Waals surface area (Å²) in [6.45, 7) is 0.498. The summed E-state index contributed by atoms with van der Waals surface area (Å²) >= 11 is 0. The lowest BCUT2D eigenvalue weighted by atomic mass is 9.93. The van der Waals surface area contributed by atoms with Gasteiger partial charge in [-0.3, -0.25) is 0 Å². The average molecular weight is 278 g/mol. The van der Waals surface area contributed by atoms with E-state index in [2.05, 4.69) is 10.6 Å². The van der Waals surface area contributed by atoms with Crippen molar-refractivity contribution in [1.29, 1.82) is 0 Å². The summed E-state index contributed by atoms with van der Waals surface area (Å²) in [7, 11) is 0. The van der Waals surface area contributed by atoms with Gasteiger partial charge in [0, 0.05) is 6.54 Å². The fourth-order valence-corrected chi connectivity index (χ4v) is 2.53. The third-order valence-corrected chi connectivity index (χ3v) is 3.66. The highest BCUT2D eigenvalue weighted by Gasteiger charge is 2.24. The predicted molar refractivity (Wildman–Crippen MR) is 76.6 cm³/mol. The summed E-state index contributed by atoms with van der Waals surface area (Å²) in [5, 5.41) is 24.7. The molecule has 5 nitrogen and oxygen atoms in total. The van der Waals surface area contributed by atoms with Crippen LogP contribution in [0.3, 0.4) is 0 Å². The molecular formula is C15H22N2O3. The van der Waals surface area contributed by atoms with Gasteiger partial charge < -0.3 is 20.8 Å². The van der Waals surface area contributed by atoms with Crippen LogP contribution in [0.5, 0.6) is 5.75 Å². The third-order valence-electron chi connectivity index (χ3n) is 3.66. The summed E-state index contributed by atoms with van der Waals surface area (Å²) in [6.07, 6.45) is 3.90. The Kier molecular flexibility index (Phi) is 5.24. The van der Waals surface area contributed by atoms with Gasteiger partial charge >= 0.3 is 6.03 Å². The summed E-state index contributed by atoms with van der Waals surface area (Å²) in [4.78, 5) is 11.7. The molecule has 1 aromatic rings. The molecule has 0 aromatic heterocycles. The summed E-state index contributed by atoms with van der Waals surface area (Å²) in [6, 6.07) is 6.62. The van der Waals surface area contributed by atoms with Crippen LogP contribution in [0, 0.1) is 0 Å². The lowest BCUT2D eigenvalue weighted by Gasteiger charge is -2.28. The topological polar surface area (TPSA) is 81.6 Å². The Bertz CT molecular complexity index is 450. The molecule has 5 heteroatoms. The second-order valence-electron chi connectivity index (χ2n) is 5.28. The number of amides is 2. The van der Waals surface area contributed by atoms with Gasteiger partial charge in [0.05, 0.1) is 12.1 Å². The molecule has 2 unspecified atom stereocenters. The normalized spacial score (nSPS) is 22.2. The number of carbonyl (C=O) groups excluding carboxylic acids is 1. The van der Waals surface area contributed by atoms with E-state index in [0.717, 1.165) is 31.2 Å². The van der Waals surface area contributed by atoms with Crippen LogP contribution in [-0.2, 0) is 6.42 Å². The fraction of sp³-hybridized carbons (Fsp3) is 0.533. The first kappa shape index (κ1) is 14.7. The van der Waals surface area contributed by atoms with E-state index >= 15 is 0 Å². The zero-order valence-electron chi connectivity index (χ0n) is 11.5. The van der Waals surface area contributed by atoms with E-state index in [4.69, 9.17) is 0 Å². The van der Waals surface area contributed by atoms with Crippen molar-refractivity contribution in [3.8, 4) is 5.75 Å². The first-order valence-electron chi connectivity index (χ1n) is 7.15. The van der Waals surface area contributed by atoms with Gasteiger partial charge in [0.25, 0.3) is 0 Å². The molecule has 2 amide bonds. The maximum Gasteiger partial charge on any atom is 0.315 e. The molecule has 4 N–H and O–H groups in total. The Morgan fingerprint density at radius 1 is 1.30 bits per heavy atom. The van der Waals surface area contributed by atoms with E-state index in [-0.39, 0.29) is 17.8 Å². The zero-order valence-corrected chi connectivity index (χ0v) is 11.5. The summed E-state index contributed by atoms with van der Waals surface area (Å²) < 4.78 is 0. The molecule has 1 aliphatic rings. The maximum absolute atomic E-state index is 11.7. The third kappa shape index (κ3) is 4.42. The standard InChI is InChI=1S/C15H22N2O3/c18-12-5-3-4-11(10-12)8-9-16-15(20)17-13-6-1-2-7-14(13)19/h3-5,10,13-14,18-19H,1-2,6-9H2,(H2,16,17,20). The van der Waals surface area contributed by atoms with Crippen LogP contribution in [0.2, 0.25) is 0 Å². The average Bonchev–Trinajstić information content (AvgIpc) is 2.41. The minimum absolute atomic E-state index is 0.135. The maximum atomic E-state index is 11.7. The van der Waals surface area contributed by atoms with Gasteiger partial charge in [0.1, 0.15) is 5.75 Å². The lowest BCUT2D eigenvalue weighted by Crippen LogP contribution is -2.49. The molecular weight excluding hydrogens is 256 g/mol. The number of phenols is 1. The van der Waals surface area contributed by atoms with Crippen LogP contribution in [-0.4, -0.2) is 34.9 Å². The number of hydrogen-bond donors (Lipinski definition) is 4. The molecule has 1 aliphatic carbocycles. The highest BCUT2D eigenvalue weighted by atomic mass is 16.3. The van der Waals surface area contributed by atoms with Crippen LogP contribution in [0.15, 0.2) is 24.3 Å². The molecule has 0 spiro atoms. The van der Waals surface area contributed by atoms with Gasteiger partial charge in [-0.05, 0) is 37.0 Å². The highest BCUT2D eigenvalue weighted by molar-refractivity contribution is 5.74. The Morgan fingerprint density at radius 3 is 2.85 bits per heavy atom. The van der Waals surface area contributed by atoms with Gasteiger partial charge in [0.15, 0.2) is 0 Å². The summed E-state index contributed by atoms with van der Waals surface area (Å²) in [5.41, 5.74) is 0.975. The van der Waals surface area contributed by atoms with Crippen molar-refractivity contribution < 1.29 is 15.0 Å². The van der Waals surface area contributed by atoms with Gasteiger partial charge in [-0.2, -0.15) is 0 Å². The van der Waals surface area contributed by atoms with Gasteiger partial charge in [0.2, 0.25) is 0 Å². The Hall–Kier alpha value is -1.75. The first-order chi connectivity index (χ1) is 9.65. The molecule has 20 heavy (non-hydrogen) atoms. The number of aromatic hydroxyl groups is 1. The predicted octanol–water partition coefficient (Wildman–Crippen LogP) is 1.54. The van der Waals surface area contributed by atoms with Crippen molar-refractivity contribution >= 4 is 6.03 Å². The van der Waals surface area contributed by atoms with Crippen molar-refractivity contribution in [1.82, 2.24) is 10.6 Å². The van der Waals surface area contributed by atoms with E-state index < -0.39 is 6.10 Å². The van der Waals surface area contributed by atoms with E-state index in [1.54, 1.807) is 18.2 Å². The number of rotatable bonds is 4. The van der Waals surface area contributed by atoms with E-state index in [0.29, 0.717) is 13.0 Å². The minimum Gasteiger partial charge on any atom is -0.508 e. The molecule has 0 radical (unpaired) electrons. The number of urea groups is 1. The fourth-order valence-electron chi connectivity index (χ4n) is 2.53. The number of aliphatic hydroxyl groups is 1. The highest BCUT2D eigenvalue weighted by Crippen LogP contribution is 2.18. The van der Waals surface area contributed by atoms with Crippen LogP contribution in [0.4, 0.5) is 4.79 Å². The van der Waals surface area contributed by atoms with E-state index in [1.165, 1.54) is 0 Å². The van der Waals surface area contributed by atoms with Crippen LogP contribution in [0.1, 0.15) is 31.2 Å². The van der Waals surface area contributed by atoms with E-state index in [9.17, 15) is 15.0 Å². The Morgan fingerprint density at radius 2 is 2.10 bits per heavy atom. The molecule has 2 rings (SSSR count). The lowest BCUT2D eigenvalue weighted by molar-refractivity contribution is 0.0943. The zero-order chi connectivity index (χ0) is 14.4. The smallest absolute Gasteiger partial charge is 0.315 e. The first-order valence-corrected chi connectivity index (χ1v) is 7.15. The Labute approximate surface area is 119 Å². The summed E-state index contributed by atoms with van der Waals surface area (Å²) in [5.74, 6) is 0.234. The van der Waals surface area contributed by atoms with Crippen molar-refractivity contribution in [2.45, 2.75) is 44.2 Å². The number of carbonyl (C=O) groups is 1. The van der Waals surface area contributed by atoms with Gasteiger partial charge in [-0.1, -0.05) is 25.0 Å². The molecule has 0 heterocycles. The van der Waals surface area contributed by atoms with Crippen LogP contribution >= 0.6 is 0 Å². The van der Waals surface area contributed by atoms with E-state index in [1.807, 2.05) is 6.07 Å². The molecule has 1 fully saturated rings. The number of aliphatic hydroxyl groups excluding tert-OH is 1. The van der Waals surface area contributed by atoms with Gasteiger partial charge in [-0.15, -0.1) is 0 Å². The van der Waals surface area contributed by atoms with Crippen LogP contribution < -0.4 is 10.6 Å². The molecule has 0 aliphatic heterocycles. The molecule has 0 saturated heterocycles.